The number of benzene rings is 1. The summed E-state index contributed by atoms with van der Waals surface area (Å²) in [6, 6.07) is 10.1. The van der Waals surface area contributed by atoms with Crippen LogP contribution in [-0.4, -0.2) is 54.8 Å². The topological polar surface area (TPSA) is 70.6 Å². The Morgan fingerprint density at radius 2 is 2.04 bits per heavy atom. The van der Waals surface area contributed by atoms with Gasteiger partial charge in [-0.2, -0.15) is 0 Å². The number of pyridine rings is 1. The lowest BCUT2D eigenvalue weighted by Gasteiger charge is -2.31. The van der Waals surface area contributed by atoms with Gasteiger partial charge < -0.3 is 9.80 Å². The first kappa shape index (κ1) is 18.9. The van der Waals surface area contributed by atoms with Crippen molar-refractivity contribution in [2.75, 3.05) is 29.5 Å². The number of carbonyl (C=O) groups excluding carboxylic acids is 1. The second-order valence-corrected chi connectivity index (χ2v) is 9.75. The Morgan fingerprint density at radius 1 is 1.25 bits per heavy atom. The van der Waals surface area contributed by atoms with E-state index in [4.69, 9.17) is 0 Å². The molecule has 0 radical (unpaired) electrons. The second-order valence-electron chi connectivity index (χ2n) is 7.52. The molecule has 0 N–H and O–H groups in total. The standard InChI is InChI=1S/C21H25N3O3S/c1-2-24(19-8-10-28(26,27)15-19)21(25)18-11-20(13-22-12-18)23-9-7-16-5-3-4-6-17(16)14-23/h3-6,11-13,19H,2,7-10,14-15H2,1H3. The van der Waals surface area contributed by atoms with Gasteiger partial charge in [-0.25, -0.2) is 8.42 Å². The maximum Gasteiger partial charge on any atom is 0.255 e. The lowest BCUT2D eigenvalue weighted by molar-refractivity contribution is 0.0708. The van der Waals surface area contributed by atoms with Gasteiger partial charge in [0.1, 0.15) is 0 Å². The summed E-state index contributed by atoms with van der Waals surface area (Å²) >= 11 is 0. The summed E-state index contributed by atoms with van der Waals surface area (Å²) in [4.78, 5) is 21.3. The van der Waals surface area contributed by atoms with Gasteiger partial charge in [0.25, 0.3) is 5.91 Å². The van der Waals surface area contributed by atoms with E-state index in [0.717, 1.165) is 25.2 Å². The molecule has 1 fully saturated rings. The minimum Gasteiger partial charge on any atom is -0.366 e. The highest BCUT2D eigenvalue weighted by Gasteiger charge is 2.34. The second kappa shape index (κ2) is 7.54. The number of nitrogens with zero attached hydrogens (tertiary/aromatic N) is 3. The van der Waals surface area contributed by atoms with Crippen molar-refractivity contribution < 1.29 is 13.2 Å². The molecule has 1 unspecified atom stereocenters. The molecule has 2 aromatic rings. The van der Waals surface area contributed by atoms with Gasteiger partial charge in [-0.3, -0.25) is 9.78 Å². The number of hydrogen-bond donors (Lipinski definition) is 0. The van der Waals surface area contributed by atoms with Crippen LogP contribution in [0.15, 0.2) is 42.7 Å². The smallest absolute Gasteiger partial charge is 0.255 e. The Labute approximate surface area is 166 Å². The van der Waals surface area contributed by atoms with Gasteiger partial charge in [0.2, 0.25) is 0 Å². The van der Waals surface area contributed by atoms with Crippen molar-refractivity contribution in [1.82, 2.24) is 9.88 Å². The number of aromatic nitrogens is 1. The predicted octanol–water partition coefficient (Wildman–Crippen LogP) is 2.29. The summed E-state index contributed by atoms with van der Waals surface area (Å²) in [5.41, 5.74) is 4.12. The summed E-state index contributed by atoms with van der Waals surface area (Å²) in [6.45, 7) is 4.06. The molecule has 2 aliphatic heterocycles. The molecule has 1 amide bonds. The molecular formula is C21H25N3O3S. The van der Waals surface area contributed by atoms with Gasteiger partial charge >= 0.3 is 0 Å². The van der Waals surface area contributed by atoms with Crippen LogP contribution >= 0.6 is 0 Å². The number of anilines is 1. The van der Waals surface area contributed by atoms with Crippen LogP contribution in [0.1, 0.15) is 34.8 Å². The van der Waals surface area contributed by atoms with E-state index in [1.807, 2.05) is 13.0 Å². The van der Waals surface area contributed by atoms with Gasteiger partial charge in [0.15, 0.2) is 9.84 Å². The maximum atomic E-state index is 13.1. The first-order valence-electron chi connectivity index (χ1n) is 9.75. The van der Waals surface area contributed by atoms with Crippen LogP contribution in [0.2, 0.25) is 0 Å². The van der Waals surface area contributed by atoms with Crippen LogP contribution in [0, 0.1) is 0 Å². The number of fused-ring (bicyclic) bond motifs is 1. The molecule has 0 spiro atoms. The number of rotatable bonds is 4. The SMILES string of the molecule is CCN(C(=O)c1cncc(N2CCc3ccccc3C2)c1)C1CCS(=O)(=O)C1. The Bertz CT molecular complexity index is 990. The average Bonchev–Trinajstić information content (AvgIpc) is 3.07. The van der Waals surface area contributed by atoms with Crippen LogP contribution in [0.25, 0.3) is 0 Å². The van der Waals surface area contributed by atoms with Crippen molar-refractivity contribution in [3.63, 3.8) is 0 Å². The van der Waals surface area contributed by atoms with Crippen molar-refractivity contribution in [1.29, 1.82) is 0 Å². The lowest BCUT2D eigenvalue weighted by Crippen LogP contribution is -2.41. The molecule has 0 saturated carbocycles. The van der Waals surface area contributed by atoms with E-state index in [1.165, 1.54) is 11.1 Å². The molecule has 4 rings (SSSR count). The molecule has 1 aromatic carbocycles. The molecule has 1 aromatic heterocycles. The molecule has 1 saturated heterocycles. The minimum atomic E-state index is -3.04. The van der Waals surface area contributed by atoms with E-state index in [9.17, 15) is 13.2 Å². The number of hydrogen-bond acceptors (Lipinski definition) is 5. The molecule has 148 valence electrons. The van der Waals surface area contributed by atoms with E-state index >= 15 is 0 Å². The molecule has 0 aliphatic carbocycles. The molecule has 6 nitrogen and oxygen atoms in total. The predicted molar refractivity (Wildman–Crippen MR) is 109 cm³/mol. The first-order chi connectivity index (χ1) is 13.5. The van der Waals surface area contributed by atoms with E-state index in [2.05, 4.69) is 34.1 Å². The highest BCUT2D eigenvalue weighted by atomic mass is 32.2. The lowest BCUT2D eigenvalue weighted by atomic mass is 9.99. The molecule has 0 bridgehead atoms. The van der Waals surface area contributed by atoms with E-state index in [1.54, 1.807) is 17.3 Å². The average molecular weight is 400 g/mol. The fraction of sp³-hybridized carbons (Fsp3) is 0.429. The monoisotopic (exact) mass is 399 g/mol. The van der Waals surface area contributed by atoms with Crippen molar-refractivity contribution >= 4 is 21.4 Å². The van der Waals surface area contributed by atoms with Crippen LogP contribution in [0.3, 0.4) is 0 Å². The zero-order valence-corrected chi connectivity index (χ0v) is 16.9. The zero-order chi connectivity index (χ0) is 19.7. The van der Waals surface area contributed by atoms with Crippen molar-refractivity contribution in [2.45, 2.75) is 32.4 Å². The highest BCUT2D eigenvalue weighted by Crippen LogP contribution is 2.26. The fourth-order valence-corrected chi connectivity index (χ4v) is 5.92. The molecule has 2 aliphatic rings. The number of carbonyl (C=O) groups is 1. The third kappa shape index (κ3) is 3.76. The van der Waals surface area contributed by atoms with Gasteiger partial charge in [-0.05, 0) is 37.0 Å². The van der Waals surface area contributed by atoms with Crippen LogP contribution in [0.5, 0.6) is 0 Å². The Balaban J connectivity index is 1.54. The third-order valence-corrected chi connectivity index (χ3v) is 7.47. The van der Waals surface area contributed by atoms with Crippen molar-refractivity contribution in [3.8, 4) is 0 Å². The van der Waals surface area contributed by atoms with Crippen molar-refractivity contribution in [3.05, 3.63) is 59.4 Å². The first-order valence-corrected chi connectivity index (χ1v) is 11.6. The fourth-order valence-electron chi connectivity index (χ4n) is 4.19. The number of sulfone groups is 1. The van der Waals surface area contributed by atoms with Gasteiger partial charge in [0, 0.05) is 31.9 Å². The Morgan fingerprint density at radius 3 is 2.75 bits per heavy atom. The van der Waals surface area contributed by atoms with Crippen LogP contribution in [-0.2, 0) is 22.8 Å². The van der Waals surface area contributed by atoms with Gasteiger partial charge in [-0.1, -0.05) is 24.3 Å². The molecular weight excluding hydrogens is 374 g/mol. The van der Waals surface area contributed by atoms with Crippen LogP contribution in [0.4, 0.5) is 5.69 Å². The molecule has 7 heteroatoms. The molecule has 28 heavy (non-hydrogen) atoms. The summed E-state index contributed by atoms with van der Waals surface area (Å²) in [5.74, 6) is 0.0755. The van der Waals surface area contributed by atoms with Crippen LogP contribution < -0.4 is 4.90 Å². The van der Waals surface area contributed by atoms with E-state index < -0.39 is 9.84 Å². The summed E-state index contributed by atoms with van der Waals surface area (Å²) < 4.78 is 23.6. The maximum absolute atomic E-state index is 13.1. The van der Waals surface area contributed by atoms with E-state index in [0.29, 0.717) is 18.5 Å². The third-order valence-electron chi connectivity index (χ3n) is 5.72. The van der Waals surface area contributed by atoms with Gasteiger partial charge in [0.05, 0.1) is 29.0 Å². The Kier molecular flexibility index (Phi) is 5.10. The summed E-state index contributed by atoms with van der Waals surface area (Å²) in [6.07, 6.45) is 4.85. The largest absolute Gasteiger partial charge is 0.366 e. The highest BCUT2D eigenvalue weighted by molar-refractivity contribution is 7.91. The summed E-state index contributed by atoms with van der Waals surface area (Å²) in [7, 11) is -3.04. The summed E-state index contributed by atoms with van der Waals surface area (Å²) in [5, 5.41) is 0. The zero-order valence-electron chi connectivity index (χ0n) is 16.0. The van der Waals surface area contributed by atoms with Crippen molar-refractivity contribution in [2.24, 2.45) is 0 Å². The van der Waals surface area contributed by atoms with Gasteiger partial charge in [-0.15, -0.1) is 0 Å². The quantitative estimate of drug-likeness (QED) is 0.789. The minimum absolute atomic E-state index is 0.0581. The normalized spacial score (nSPS) is 20.6. The van der Waals surface area contributed by atoms with E-state index in [-0.39, 0.29) is 23.5 Å². The number of amides is 1. The molecule has 1 atom stereocenters. The molecule has 3 heterocycles. The Hall–Kier alpha value is -2.41.